The lowest BCUT2D eigenvalue weighted by molar-refractivity contribution is 0.102. The van der Waals surface area contributed by atoms with Gasteiger partial charge in [-0.25, -0.2) is 8.42 Å². The summed E-state index contributed by atoms with van der Waals surface area (Å²) in [5.74, 6) is 0.0773. The molecular weight excluding hydrogens is 364 g/mol. The molecule has 27 heavy (non-hydrogen) atoms. The van der Waals surface area contributed by atoms with Crippen molar-refractivity contribution in [3.63, 3.8) is 0 Å². The molecule has 1 heterocycles. The largest absolute Gasteiger partial charge is 0.489 e. The van der Waals surface area contributed by atoms with Crippen LogP contribution in [0.25, 0.3) is 0 Å². The summed E-state index contributed by atoms with van der Waals surface area (Å²) in [6.07, 6.45) is 4.48. The zero-order chi connectivity index (χ0) is 19.3. The van der Waals surface area contributed by atoms with Crippen LogP contribution in [0.3, 0.4) is 0 Å². The molecule has 1 aromatic heterocycles. The minimum Gasteiger partial charge on any atom is -0.489 e. The number of nitrogens with zero attached hydrogens (tertiary/aromatic N) is 1. The van der Waals surface area contributed by atoms with Crippen LogP contribution in [0.5, 0.6) is 5.75 Å². The third-order valence-electron chi connectivity index (χ3n) is 3.75. The SMILES string of the molecule is CS(=O)(=O)c1ccccc1C(=O)Nc1cccc(OCc2cccnc2)c1. The van der Waals surface area contributed by atoms with E-state index in [1.54, 1.807) is 48.8 Å². The summed E-state index contributed by atoms with van der Waals surface area (Å²) in [5.41, 5.74) is 1.53. The van der Waals surface area contributed by atoms with Crippen LogP contribution in [0.4, 0.5) is 5.69 Å². The number of hydrogen-bond acceptors (Lipinski definition) is 5. The minimum atomic E-state index is -3.51. The van der Waals surface area contributed by atoms with Crippen molar-refractivity contribution in [2.75, 3.05) is 11.6 Å². The van der Waals surface area contributed by atoms with Crippen molar-refractivity contribution >= 4 is 21.4 Å². The Morgan fingerprint density at radius 1 is 1.07 bits per heavy atom. The van der Waals surface area contributed by atoms with Gasteiger partial charge in [0.15, 0.2) is 9.84 Å². The van der Waals surface area contributed by atoms with Gasteiger partial charge in [0.2, 0.25) is 0 Å². The first-order valence-electron chi connectivity index (χ1n) is 8.16. The molecule has 0 saturated carbocycles. The van der Waals surface area contributed by atoms with Crippen molar-refractivity contribution < 1.29 is 17.9 Å². The average molecular weight is 382 g/mol. The van der Waals surface area contributed by atoms with Crippen LogP contribution < -0.4 is 10.1 Å². The Hall–Kier alpha value is -3.19. The highest BCUT2D eigenvalue weighted by atomic mass is 32.2. The van der Waals surface area contributed by atoms with Gasteiger partial charge in [-0.2, -0.15) is 0 Å². The van der Waals surface area contributed by atoms with Gasteiger partial charge in [-0.15, -0.1) is 0 Å². The molecule has 1 N–H and O–H groups in total. The zero-order valence-electron chi connectivity index (χ0n) is 14.6. The maximum Gasteiger partial charge on any atom is 0.256 e. The number of hydrogen-bond donors (Lipinski definition) is 1. The molecule has 7 heteroatoms. The Morgan fingerprint density at radius 2 is 1.89 bits per heavy atom. The van der Waals surface area contributed by atoms with Crippen molar-refractivity contribution in [2.45, 2.75) is 11.5 Å². The number of nitrogens with one attached hydrogen (secondary N) is 1. The molecule has 3 aromatic rings. The molecule has 0 aliphatic rings. The number of benzene rings is 2. The number of amides is 1. The summed E-state index contributed by atoms with van der Waals surface area (Å²) < 4.78 is 29.5. The van der Waals surface area contributed by atoms with Gasteiger partial charge in [-0.05, 0) is 30.3 Å². The highest BCUT2D eigenvalue weighted by molar-refractivity contribution is 7.90. The summed E-state index contributed by atoms with van der Waals surface area (Å²) in [6.45, 7) is 0.349. The summed E-state index contributed by atoms with van der Waals surface area (Å²) in [4.78, 5) is 16.6. The molecule has 0 spiro atoms. The lowest BCUT2D eigenvalue weighted by atomic mass is 10.2. The molecule has 0 radical (unpaired) electrons. The number of carbonyl (C=O) groups is 1. The molecular formula is C20H18N2O4S. The van der Waals surface area contributed by atoms with E-state index in [4.69, 9.17) is 4.74 Å². The summed E-state index contributed by atoms with van der Waals surface area (Å²) >= 11 is 0. The number of ether oxygens (including phenoxy) is 1. The van der Waals surface area contributed by atoms with E-state index in [2.05, 4.69) is 10.3 Å². The van der Waals surface area contributed by atoms with E-state index in [1.807, 2.05) is 12.1 Å². The Labute approximate surface area is 157 Å². The second-order valence-corrected chi connectivity index (χ2v) is 7.88. The molecule has 0 bridgehead atoms. The molecule has 2 aromatic carbocycles. The first-order chi connectivity index (χ1) is 12.9. The fourth-order valence-electron chi connectivity index (χ4n) is 2.49. The maximum absolute atomic E-state index is 12.5. The normalized spacial score (nSPS) is 11.0. The Bertz CT molecular complexity index is 1050. The number of pyridine rings is 1. The molecule has 3 rings (SSSR count). The number of anilines is 1. The smallest absolute Gasteiger partial charge is 0.256 e. The van der Waals surface area contributed by atoms with E-state index < -0.39 is 15.7 Å². The first-order valence-corrected chi connectivity index (χ1v) is 10.0. The van der Waals surface area contributed by atoms with Crippen molar-refractivity contribution in [3.8, 4) is 5.75 Å². The van der Waals surface area contributed by atoms with Crippen LogP contribution in [0, 0.1) is 0 Å². The topological polar surface area (TPSA) is 85.4 Å². The van der Waals surface area contributed by atoms with Gasteiger partial charge >= 0.3 is 0 Å². The van der Waals surface area contributed by atoms with Gasteiger partial charge in [0.05, 0.1) is 10.5 Å². The molecule has 0 atom stereocenters. The Morgan fingerprint density at radius 3 is 2.63 bits per heavy atom. The molecule has 6 nitrogen and oxygen atoms in total. The van der Waals surface area contributed by atoms with Gasteiger partial charge < -0.3 is 10.1 Å². The minimum absolute atomic E-state index is 0.00789. The summed E-state index contributed by atoms with van der Waals surface area (Å²) in [5, 5.41) is 2.71. The fraction of sp³-hybridized carbons (Fsp3) is 0.100. The number of carbonyl (C=O) groups excluding carboxylic acids is 1. The van der Waals surface area contributed by atoms with E-state index in [1.165, 1.54) is 12.1 Å². The molecule has 0 aliphatic heterocycles. The van der Waals surface area contributed by atoms with Crippen LogP contribution in [-0.2, 0) is 16.4 Å². The summed E-state index contributed by atoms with van der Waals surface area (Å²) in [7, 11) is -3.51. The fourth-order valence-corrected chi connectivity index (χ4v) is 3.38. The van der Waals surface area contributed by atoms with E-state index in [9.17, 15) is 13.2 Å². The second-order valence-electron chi connectivity index (χ2n) is 5.90. The first kappa shape index (κ1) is 18.6. The monoisotopic (exact) mass is 382 g/mol. The molecule has 0 saturated heterocycles. The van der Waals surface area contributed by atoms with Gasteiger partial charge in [-0.1, -0.05) is 24.3 Å². The highest BCUT2D eigenvalue weighted by Gasteiger charge is 2.18. The van der Waals surface area contributed by atoms with Crippen molar-refractivity contribution in [1.82, 2.24) is 4.98 Å². The van der Waals surface area contributed by atoms with E-state index in [0.717, 1.165) is 11.8 Å². The van der Waals surface area contributed by atoms with Crippen molar-refractivity contribution in [3.05, 3.63) is 84.2 Å². The third kappa shape index (κ3) is 4.92. The number of sulfone groups is 1. The lowest BCUT2D eigenvalue weighted by Crippen LogP contribution is -2.16. The third-order valence-corrected chi connectivity index (χ3v) is 4.91. The van der Waals surface area contributed by atoms with Crippen molar-refractivity contribution in [2.24, 2.45) is 0 Å². The summed E-state index contributed by atoms with van der Waals surface area (Å²) in [6, 6.07) is 16.7. The van der Waals surface area contributed by atoms with Crippen molar-refractivity contribution in [1.29, 1.82) is 0 Å². The molecule has 1 amide bonds. The Kier molecular flexibility index (Phi) is 5.52. The van der Waals surface area contributed by atoms with Crippen LogP contribution in [0.2, 0.25) is 0 Å². The molecule has 0 unspecified atom stereocenters. The van der Waals surface area contributed by atoms with E-state index in [0.29, 0.717) is 18.0 Å². The Balaban J connectivity index is 1.74. The van der Waals surface area contributed by atoms with Crippen LogP contribution >= 0.6 is 0 Å². The average Bonchev–Trinajstić information content (AvgIpc) is 2.67. The van der Waals surface area contributed by atoms with Crippen LogP contribution in [0.15, 0.2) is 78.0 Å². The lowest BCUT2D eigenvalue weighted by Gasteiger charge is -2.11. The van der Waals surface area contributed by atoms with Gasteiger partial charge in [0, 0.05) is 36.0 Å². The molecule has 0 aliphatic carbocycles. The highest BCUT2D eigenvalue weighted by Crippen LogP contribution is 2.21. The van der Waals surface area contributed by atoms with Crippen LogP contribution in [0.1, 0.15) is 15.9 Å². The quantitative estimate of drug-likeness (QED) is 0.707. The predicted octanol–water partition coefficient (Wildman–Crippen LogP) is 3.32. The van der Waals surface area contributed by atoms with E-state index >= 15 is 0 Å². The van der Waals surface area contributed by atoms with Gasteiger partial charge in [0.1, 0.15) is 12.4 Å². The zero-order valence-corrected chi connectivity index (χ0v) is 15.4. The van der Waals surface area contributed by atoms with Crippen LogP contribution in [-0.4, -0.2) is 25.6 Å². The van der Waals surface area contributed by atoms with Gasteiger partial charge in [0.25, 0.3) is 5.91 Å². The number of rotatable bonds is 6. The van der Waals surface area contributed by atoms with E-state index in [-0.39, 0.29) is 10.5 Å². The van der Waals surface area contributed by atoms with Gasteiger partial charge in [-0.3, -0.25) is 9.78 Å². The second kappa shape index (κ2) is 8.01. The maximum atomic E-state index is 12.5. The molecule has 0 fully saturated rings. The number of aromatic nitrogens is 1. The standard InChI is InChI=1S/C20H18N2O4S/c1-27(24,25)19-10-3-2-9-18(19)20(23)22-16-7-4-8-17(12-16)26-14-15-6-5-11-21-13-15/h2-13H,14H2,1H3,(H,22,23). The molecule has 138 valence electrons. The predicted molar refractivity (Wildman–Crippen MR) is 103 cm³/mol.